The second kappa shape index (κ2) is 17.1. The predicted octanol–water partition coefficient (Wildman–Crippen LogP) is 21.8. The fourth-order valence-electron chi connectivity index (χ4n) is 15.4. The summed E-state index contributed by atoms with van der Waals surface area (Å²) >= 11 is 0. The molecule has 0 amide bonds. The zero-order chi connectivity index (χ0) is 55.6. The Morgan fingerprint density at radius 3 is 0.854 bits per heavy atom. The molecule has 0 N–H and O–H groups in total. The van der Waals surface area contributed by atoms with Gasteiger partial charge in [0.15, 0.2) is 0 Å². The van der Waals surface area contributed by atoms with Crippen LogP contribution in [0.1, 0.15) is 99.9 Å². The van der Waals surface area contributed by atoms with E-state index < -0.39 is 0 Å². The molecule has 0 radical (unpaired) electrons. The van der Waals surface area contributed by atoms with Gasteiger partial charge in [-0.15, -0.1) is 0 Å². The number of hydrogen-bond donors (Lipinski definition) is 0. The number of nitrogens with zero attached hydrogens (tertiary/aromatic N) is 2. The highest BCUT2D eigenvalue weighted by Crippen LogP contribution is 2.56. The van der Waals surface area contributed by atoms with Crippen LogP contribution in [0.25, 0.3) is 77.2 Å². The van der Waals surface area contributed by atoms with Crippen LogP contribution in [0.5, 0.6) is 0 Å². The van der Waals surface area contributed by atoms with Gasteiger partial charge in [0.2, 0.25) is 0 Å². The Balaban J connectivity index is 0.767. The lowest BCUT2D eigenvalue weighted by Gasteiger charge is -2.30. The Kier molecular flexibility index (Phi) is 10.2. The molecule has 2 heteroatoms. The van der Waals surface area contributed by atoms with E-state index in [0.29, 0.717) is 0 Å². The van der Waals surface area contributed by atoms with Gasteiger partial charge in [0.1, 0.15) is 0 Å². The van der Waals surface area contributed by atoms with Crippen molar-refractivity contribution in [3.8, 4) is 55.6 Å². The van der Waals surface area contributed by atoms with Crippen LogP contribution in [0, 0.1) is 0 Å². The Labute approximate surface area is 482 Å². The summed E-state index contributed by atoms with van der Waals surface area (Å²) in [5, 5.41) is 4.94. The van der Waals surface area contributed by atoms with Crippen molar-refractivity contribution in [3.63, 3.8) is 0 Å². The molecule has 12 aromatic rings. The van der Waals surface area contributed by atoms with Gasteiger partial charge in [0.05, 0.1) is 0 Å². The molecule has 0 fully saturated rings. The Hall–Kier alpha value is -9.24. The molecule has 0 saturated carbocycles. The number of benzene rings is 12. The van der Waals surface area contributed by atoms with Gasteiger partial charge in [-0.05, 0) is 201 Å². The molecule has 0 unspecified atom stereocenters. The number of fused-ring (bicyclic) bond motifs is 15. The Morgan fingerprint density at radius 1 is 0.207 bits per heavy atom. The van der Waals surface area contributed by atoms with Crippen molar-refractivity contribution in [2.75, 3.05) is 9.80 Å². The zero-order valence-electron chi connectivity index (χ0n) is 48.0. The zero-order valence-corrected chi connectivity index (χ0v) is 48.0. The van der Waals surface area contributed by atoms with Crippen LogP contribution in [0.4, 0.5) is 34.1 Å². The molecule has 12 aromatic carbocycles. The highest BCUT2D eigenvalue weighted by molar-refractivity contribution is 6.10. The molecule has 0 saturated heterocycles. The molecular formula is C80H64N2. The summed E-state index contributed by atoms with van der Waals surface area (Å²) in [7, 11) is 0. The second-order valence-corrected chi connectivity index (χ2v) is 25.7. The minimum Gasteiger partial charge on any atom is -0.310 e. The van der Waals surface area contributed by atoms with Gasteiger partial charge < -0.3 is 9.80 Å². The summed E-state index contributed by atoms with van der Waals surface area (Å²) in [4.78, 5) is 4.96. The van der Waals surface area contributed by atoms with Crippen LogP contribution < -0.4 is 9.80 Å². The van der Waals surface area contributed by atoms with Gasteiger partial charge in [-0.3, -0.25) is 0 Å². The molecule has 0 bridgehead atoms. The highest BCUT2D eigenvalue weighted by Gasteiger charge is 2.40. The third-order valence-electron chi connectivity index (χ3n) is 19.8. The van der Waals surface area contributed by atoms with Crippen LogP contribution in [-0.2, 0) is 21.7 Å². The highest BCUT2D eigenvalue weighted by atomic mass is 15.1. The predicted molar refractivity (Wildman–Crippen MR) is 347 cm³/mol. The lowest BCUT2D eigenvalue weighted by molar-refractivity contribution is 0.659. The minimum absolute atomic E-state index is 0.120. The van der Waals surface area contributed by atoms with E-state index in [2.05, 4.69) is 308 Å². The lowest BCUT2D eigenvalue weighted by Crippen LogP contribution is -2.18. The van der Waals surface area contributed by atoms with E-state index in [-0.39, 0.29) is 21.7 Å². The fourth-order valence-corrected chi connectivity index (χ4v) is 15.4. The standard InChI is InChI=1S/C80H64N2/c1-77(2)69-21-13-9-17-61(69)65-39-33-55(45-73(65)77)81(56-34-40-66-62-18-10-14-22-70(62)78(3,4)74(66)46-56)53-30-27-49(28-31-53)50-29-37-59-51(43-50)25-26-52-44-54(32-38-60(52)59)82(57-35-41-67-63-19-11-15-23-71(63)79(5,6)75(67)47-57)58-36-42-68-64-20-12-16-24-72(64)80(7,8)76(68)48-58/h9-48H,1-8H3. The topological polar surface area (TPSA) is 6.48 Å². The van der Waals surface area contributed by atoms with Crippen molar-refractivity contribution in [1.82, 2.24) is 0 Å². The number of hydrogen-bond acceptors (Lipinski definition) is 2. The quantitative estimate of drug-likeness (QED) is 0.147. The normalized spacial score (nSPS) is 15.5. The Bertz CT molecular complexity index is 4480. The minimum atomic E-state index is -0.124. The second-order valence-electron chi connectivity index (χ2n) is 25.7. The van der Waals surface area contributed by atoms with E-state index in [9.17, 15) is 0 Å². The Morgan fingerprint density at radius 2 is 0.476 bits per heavy atom. The van der Waals surface area contributed by atoms with Gasteiger partial charge in [-0.2, -0.15) is 0 Å². The molecule has 4 aliphatic rings. The average molecular weight is 1050 g/mol. The van der Waals surface area contributed by atoms with Crippen molar-refractivity contribution in [2.45, 2.75) is 77.0 Å². The van der Waals surface area contributed by atoms with E-state index in [4.69, 9.17) is 0 Å². The van der Waals surface area contributed by atoms with E-state index in [0.717, 1.165) is 34.1 Å². The van der Waals surface area contributed by atoms with E-state index >= 15 is 0 Å². The first-order valence-electron chi connectivity index (χ1n) is 29.3. The molecule has 0 aliphatic heterocycles. The van der Waals surface area contributed by atoms with Gasteiger partial charge in [-0.1, -0.05) is 219 Å². The van der Waals surface area contributed by atoms with Crippen LogP contribution in [0.3, 0.4) is 0 Å². The molecule has 0 atom stereocenters. The van der Waals surface area contributed by atoms with E-state index in [1.54, 1.807) is 0 Å². The first-order chi connectivity index (χ1) is 39.7. The first-order valence-corrected chi connectivity index (χ1v) is 29.3. The lowest BCUT2D eigenvalue weighted by atomic mass is 9.82. The molecule has 4 aliphatic carbocycles. The molecule has 0 heterocycles. The van der Waals surface area contributed by atoms with Crippen LogP contribution in [0.2, 0.25) is 0 Å². The van der Waals surface area contributed by atoms with Gasteiger partial charge >= 0.3 is 0 Å². The van der Waals surface area contributed by atoms with Crippen LogP contribution in [-0.4, -0.2) is 0 Å². The third kappa shape index (κ3) is 6.88. The molecular weight excluding hydrogens is 989 g/mol. The number of rotatable bonds is 7. The van der Waals surface area contributed by atoms with Crippen molar-refractivity contribution in [3.05, 3.63) is 287 Å². The SMILES string of the molecule is CC1(C)c2ccccc2-c2ccc(N(c3ccc(-c4ccc5c(ccc6cc(N(c7ccc8c(c7)C(C)(C)c7ccccc7-8)c7ccc8c(c7)C(C)(C)c7ccccc7-8)ccc65)c4)cc3)c3ccc4c(c3)C(C)(C)c3ccccc3-4)cc21. The summed E-state index contributed by atoms with van der Waals surface area (Å²) in [5.74, 6) is 0. The van der Waals surface area contributed by atoms with E-state index in [1.165, 1.54) is 122 Å². The van der Waals surface area contributed by atoms with Crippen molar-refractivity contribution < 1.29 is 0 Å². The molecule has 82 heavy (non-hydrogen) atoms. The third-order valence-corrected chi connectivity index (χ3v) is 19.8. The molecule has 16 rings (SSSR count). The number of anilines is 6. The van der Waals surface area contributed by atoms with Gasteiger partial charge in [0.25, 0.3) is 0 Å². The maximum atomic E-state index is 2.49. The van der Waals surface area contributed by atoms with E-state index in [1.807, 2.05) is 0 Å². The smallest absolute Gasteiger partial charge is 0.0468 e. The largest absolute Gasteiger partial charge is 0.310 e. The summed E-state index contributed by atoms with van der Waals surface area (Å²) in [5.41, 5.74) is 30.5. The molecule has 0 aromatic heterocycles. The maximum Gasteiger partial charge on any atom is 0.0468 e. The monoisotopic (exact) mass is 1050 g/mol. The van der Waals surface area contributed by atoms with Crippen molar-refractivity contribution in [1.29, 1.82) is 0 Å². The van der Waals surface area contributed by atoms with Crippen LogP contribution >= 0.6 is 0 Å². The molecule has 394 valence electrons. The summed E-state index contributed by atoms with van der Waals surface area (Å²) < 4.78 is 0. The summed E-state index contributed by atoms with van der Waals surface area (Å²) in [6, 6.07) is 92.3. The van der Waals surface area contributed by atoms with Gasteiger partial charge in [0, 0.05) is 55.8 Å². The van der Waals surface area contributed by atoms with Crippen LogP contribution in [0.15, 0.2) is 243 Å². The molecule has 0 spiro atoms. The van der Waals surface area contributed by atoms with Crippen molar-refractivity contribution in [2.24, 2.45) is 0 Å². The first kappa shape index (κ1) is 48.6. The maximum absolute atomic E-state index is 2.49. The fraction of sp³-hybridized carbons (Fsp3) is 0.150. The average Bonchev–Trinajstić information content (AvgIpc) is 2.59. The summed E-state index contributed by atoms with van der Waals surface area (Å²) in [6.45, 7) is 19.0. The van der Waals surface area contributed by atoms with Gasteiger partial charge in [-0.25, -0.2) is 0 Å². The van der Waals surface area contributed by atoms with Crippen molar-refractivity contribution >= 4 is 55.7 Å². The summed E-state index contributed by atoms with van der Waals surface area (Å²) in [6.07, 6.45) is 0. The molecule has 2 nitrogen and oxygen atoms in total.